The van der Waals surface area contributed by atoms with Gasteiger partial charge >= 0.3 is 5.97 Å². The number of carbonyl (C=O) groups is 2. The Balaban J connectivity index is 1.68. The van der Waals surface area contributed by atoms with Crippen molar-refractivity contribution < 1.29 is 14.7 Å². The lowest BCUT2D eigenvalue weighted by Crippen LogP contribution is -2.39. The van der Waals surface area contributed by atoms with E-state index in [4.69, 9.17) is 5.11 Å². The Morgan fingerprint density at radius 3 is 2.96 bits per heavy atom. The zero-order valence-electron chi connectivity index (χ0n) is 13.6. The topological polar surface area (TPSA) is 95.1 Å². The fourth-order valence-electron chi connectivity index (χ4n) is 3.25. The summed E-state index contributed by atoms with van der Waals surface area (Å²) in [5.41, 5.74) is 4.73. The van der Waals surface area contributed by atoms with E-state index >= 15 is 0 Å². The van der Waals surface area contributed by atoms with Crippen LogP contribution in [0, 0.1) is 6.92 Å². The minimum absolute atomic E-state index is 0.0175. The van der Waals surface area contributed by atoms with Crippen LogP contribution >= 0.6 is 0 Å². The van der Waals surface area contributed by atoms with Crippen LogP contribution in [0.1, 0.15) is 45.7 Å². The van der Waals surface area contributed by atoms with Gasteiger partial charge in [0.25, 0.3) is 5.91 Å². The molecule has 1 amide bonds. The van der Waals surface area contributed by atoms with E-state index < -0.39 is 5.97 Å². The van der Waals surface area contributed by atoms with Gasteiger partial charge < -0.3 is 10.4 Å². The lowest BCUT2D eigenvalue weighted by Gasteiger charge is -2.23. The monoisotopic (exact) mass is 327 g/mol. The number of nitrogens with zero attached hydrogens (tertiary/aromatic N) is 1. The molecule has 1 heterocycles. The quantitative estimate of drug-likeness (QED) is 0.783. The van der Waals surface area contributed by atoms with Crippen LogP contribution in [0.2, 0.25) is 0 Å². The van der Waals surface area contributed by atoms with Crippen molar-refractivity contribution in [3.8, 4) is 0 Å². The summed E-state index contributed by atoms with van der Waals surface area (Å²) < 4.78 is 0. The summed E-state index contributed by atoms with van der Waals surface area (Å²) in [5.74, 6) is -1.00. The normalized spacial score (nSPS) is 16.5. The van der Waals surface area contributed by atoms with Crippen LogP contribution < -0.4 is 5.32 Å². The van der Waals surface area contributed by atoms with Crippen molar-refractivity contribution in [3.63, 3.8) is 0 Å². The van der Waals surface area contributed by atoms with Gasteiger partial charge in [0.2, 0.25) is 0 Å². The van der Waals surface area contributed by atoms with E-state index in [-0.39, 0.29) is 18.4 Å². The van der Waals surface area contributed by atoms with Crippen molar-refractivity contribution in [1.29, 1.82) is 0 Å². The molecule has 0 saturated carbocycles. The minimum atomic E-state index is -0.862. The van der Waals surface area contributed by atoms with Crippen LogP contribution in [0.3, 0.4) is 0 Å². The summed E-state index contributed by atoms with van der Waals surface area (Å²) in [4.78, 5) is 23.4. The summed E-state index contributed by atoms with van der Waals surface area (Å²) in [5, 5.41) is 19.2. The standard InChI is InChI=1S/C18H21N3O3/c1-11-14-8-7-13(10-16(14)21-20-11)19-18(24)15-5-3-2-4-12(15)6-9-17(22)23/h2-5,13H,6-10H2,1H3,(H,19,24)(H,20,21)(H,22,23). The maximum absolute atomic E-state index is 12.6. The Morgan fingerprint density at radius 1 is 1.38 bits per heavy atom. The van der Waals surface area contributed by atoms with E-state index in [0.717, 1.165) is 36.2 Å². The molecule has 2 aromatic rings. The molecule has 1 aromatic heterocycles. The van der Waals surface area contributed by atoms with Crippen molar-refractivity contribution in [2.75, 3.05) is 0 Å². The number of hydrogen-bond donors (Lipinski definition) is 3. The van der Waals surface area contributed by atoms with E-state index in [0.29, 0.717) is 12.0 Å². The third-order valence-corrected chi connectivity index (χ3v) is 4.55. The van der Waals surface area contributed by atoms with E-state index in [1.165, 1.54) is 5.56 Å². The zero-order chi connectivity index (χ0) is 17.1. The number of fused-ring (bicyclic) bond motifs is 1. The molecule has 3 rings (SSSR count). The number of hydrogen-bond acceptors (Lipinski definition) is 3. The Hall–Kier alpha value is -2.63. The molecule has 1 aromatic carbocycles. The van der Waals surface area contributed by atoms with Gasteiger partial charge in [-0.05, 0) is 43.4 Å². The van der Waals surface area contributed by atoms with Gasteiger partial charge in [0, 0.05) is 30.1 Å². The summed E-state index contributed by atoms with van der Waals surface area (Å²) >= 11 is 0. The number of aryl methyl sites for hydroxylation is 2. The van der Waals surface area contributed by atoms with Crippen LogP contribution in [0.15, 0.2) is 24.3 Å². The van der Waals surface area contributed by atoms with E-state index in [1.54, 1.807) is 12.1 Å². The predicted octanol–water partition coefficient (Wildman–Crippen LogP) is 2.02. The first-order valence-corrected chi connectivity index (χ1v) is 8.18. The van der Waals surface area contributed by atoms with E-state index in [9.17, 15) is 9.59 Å². The Kier molecular flexibility index (Phi) is 4.64. The Labute approximate surface area is 140 Å². The summed E-state index contributed by atoms with van der Waals surface area (Å²) in [7, 11) is 0. The lowest BCUT2D eigenvalue weighted by molar-refractivity contribution is -0.136. The van der Waals surface area contributed by atoms with Crippen LogP contribution in [-0.2, 0) is 24.1 Å². The van der Waals surface area contributed by atoms with Gasteiger partial charge in [-0.3, -0.25) is 14.7 Å². The summed E-state index contributed by atoms with van der Waals surface area (Å²) in [6, 6.07) is 7.25. The molecule has 0 fully saturated rings. The molecule has 0 bridgehead atoms. The number of rotatable bonds is 5. The highest BCUT2D eigenvalue weighted by Gasteiger charge is 2.24. The molecule has 1 unspecified atom stereocenters. The first-order chi connectivity index (χ1) is 11.5. The molecule has 6 nitrogen and oxygen atoms in total. The number of aromatic nitrogens is 2. The molecule has 24 heavy (non-hydrogen) atoms. The molecule has 1 atom stereocenters. The fraction of sp³-hybridized carbons (Fsp3) is 0.389. The number of carbonyl (C=O) groups excluding carboxylic acids is 1. The average molecular weight is 327 g/mol. The number of H-pyrrole nitrogens is 1. The van der Waals surface area contributed by atoms with Crippen LogP contribution in [0.5, 0.6) is 0 Å². The average Bonchev–Trinajstić information content (AvgIpc) is 2.94. The number of aromatic amines is 1. The van der Waals surface area contributed by atoms with Crippen molar-refractivity contribution >= 4 is 11.9 Å². The van der Waals surface area contributed by atoms with Gasteiger partial charge in [-0.1, -0.05) is 18.2 Å². The van der Waals surface area contributed by atoms with Gasteiger partial charge in [0.1, 0.15) is 0 Å². The second-order valence-corrected chi connectivity index (χ2v) is 6.24. The number of carboxylic acid groups (broad SMARTS) is 1. The van der Waals surface area contributed by atoms with Crippen molar-refractivity contribution in [1.82, 2.24) is 15.5 Å². The smallest absolute Gasteiger partial charge is 0.303 e. The highest BCUT2D eigenvalue weighted by atomic mass is 16.4. The van der Waals surface area contributed by atoms with Gasteiger partial charge in [-0.25, -0.2) is 0 Å². The molecule has 0 radical (unpaired) electrons. The summed E-state index contributed by atoms with van der Waals surface area (Å²) in [6.07, 6.45) is 2.89. The number of nitrogens with one attached hydrogen (secondary N) is 2. The fourth-order valence-corrected chi connectivity index (χ4v) is 3.25. The largest absolute Gasteiger partial charge is 0.481 e. The first-order valence-electron chi connectivity index (χ1n) is 8.18. The Bertz CT molecular complexity index is 767. The lowest BCUT2D eigenvalue weighted by atomic mass is 9.91. The predicted molar refractivity (Wildman–Crippen MR) is 89.0 cm³/mol. The number of amides is 1. The molecule has 1 aliphatic rings. The molecule has 0 saturated heterocycles. The SMILES string of the molecule is Cc1[nH]nc2c1CCC(NC(=O)c1ccccc1CCC(=O)O)C2. The maximum Gasteiger partial charge on any atom is 0.303 e. The highest BCUT2D eigenvalue weighted by Crippen LogP contribution is 2.22. The molecule has 0 aliphatic heterocycles. The minimum Gasteiger partial charge on any atom is -0.481 e. The number of carboxylic acids is 1. The van der Waals surface area contributed by atoms with Crippen LogP contribution in [0.4, 0.5) is 0 Å². The molecule has 0 spiro atoms. The molecule has 6 heteroatoms. The third kappa shape index (κ3) is 3.48. The molecule has 1 aliphatic carbocycles. The van der Waals surface area contributed by atoms with Gasteiger partial charge in [-0.15, -0.1) is 0 Å². The second-order valence-electron chi connectivity index (χ2n) is 6.24. The van der Waals surface area contributed by atoms with E-state index in [2.05, 4.69) is 15.5 Å². The number of benzene rings is 1. The highest BCUT2D eigenvalue weighted by molar-refractivity contribution is 5.96. The Morgan fingerprint density at radius 2 is 2.17 bits per heavy atom. The molecular formula is C18H21N3O3. The van der Waals surface area contributed by atoms with Crippen LogP contribution in [0.25, 0.3) is 0 Å². The second kappa shape index (κ2) is 6.86. The van der Waals surface area contributed by atoms with E-state index in [1.807, 2.05) is 19.1 Å². The summed E-state index contributed by atoms with van der Waals surface area (Å²) in [6.45, 7) is 2.02. The van der Waals surface area contributed by atoms with Gasteiger partial charge in [0.15, 0.2) is 0 Å². The van der Waals surface area contributed by atoms with Crippen molar-refractivity contribution in [2.24, 2.45) is 0 Å². The zero-order valence-corrected chi connectivity index (χ0v) is 13.6. The molecular weight excluding hydrogens is 306 g/mol. The molecule has 126 valence electrons. The van der Waals surface area contributed by atoms with Gasteiger partial charge in [-0.2, -0.15) is 5.10 Å². The van der Waals surface area contributed by atoms with Crippen LogP contribution in [-0.4, -0.2) is 33.2 Å². The van der Waals surface area contributed by atoms with Crippen molar-refractivity contribution in [3.05, 3.63) is 52.3 Å². The molecule has 3 N–H and O–H groups in total. The number of aliphatic carboxylic acids is 1. The van der Waals surface area contributed by atoms with Crippen molar-refractivity contribution in [2.45, 2.75) is 45.1 Å². The van der Waals surface area contributed by atoms with Gasteiger partial charge in [0.05, 0.1) is 5.69 Å². The third-order valence-electron chi connectivity index (χ3n) is 4.55. The first kappa shape index (κ1) is 16.2. The maximum atomic E-state index is 12.6.